The summed E-state index contributed by atoms with van der Waals surface area (Å²) >= 11 is 0. The van der Waals surface area contributed by atoms with Crippen LogP contribution in [0.3, 0.4) is 0 Å². The topological polar surface area (TPSA) is 72.5 Å². The van der Waals surface area contributed by atoms with Crippen molar-refractivity contribution in [2.75, 3.05) is 49.1 Å². The van der Waals surface area contributed by atoms with Crippen LogP contribution in [0.1, 0.15) is 30.1 Å². The van der Waals surface area contributed by atoms with Crippen molar-refractivity contribution in [1.29, 1.82) is 0 Å². The summed E-state index contributed by atoms with van der Waals surface area (Å²) in [5, 5.41) is 0.571. The Morgan fingerprint density at radius 2 is 1.61 bits per heavy atom. The fourth-order valence-corrected chi connectivity index (χ4v) is 4.57. The number of para-hydroxylation sites is 1. The first-order valence-corrected chi connectivity index (χ1v) is 11.5. The Balaban J connectivity index is 1.21. The predicted molar refractivity (Wildman–Crippen MR) is 128 cm³/mol. The van der Waals surface area contributed by atoms with Gasteiger partial charge in [-0.2, -0.15) is 0 Å². The average molecular weight is 450 g/mol. The second-order valence-corrected chi connectivity index (χ2v) is 9.13. The number of anilines is 2. The SMILES string of the molecule is CC1(F)CCN(c2ccc(C(=O)N3CCN(c4nc5ccccc5c(=O)[nH]4)CC3)cc2)CC1. The molecule has 2 aliphatic heterocycles. The summed E-state index contributed by atoms with van der Waals surface area (Å²) in [4.78, 5) is 38.9. The molecule has 0 saturated carbocycles. The van der Waals surface area contributed by atoms with Crippen LogP contribution in [-0.4, -0.2) is 65.7 Å². The number of hydrogen-bond donors (Lipinski definition) is 1. The molecule has 0 aliphatic carbocycles. The fraction of sp³-hybridized carbons (Fsp3) is 0.400. The standard InChI is InChI=1S/C25H28FN5O2/c1-25(26)10-12-29(13-11-25)19-8-6-18(7-9-19)23(33)30-14-16-31(17-15-30)24-27-21-5-3-2-4-20(21)22(32)28-24/h2-9H,10-17H2,1H3,(H,27,28,32). The maximum absolute atomic E-state index is 14.1. The van der Waals surface area contributed by atoms with Crippen LogP contribution in [0.15, 0.2) is 53.3 Å². The van der Waals surface area contributed by atoms with Crippen LogP contribution in [0.5, 0.6) is 0 Å². The molecule has 0 spiro atoms. The largest absolute Gasteiger partial charge is 0.371 e. The van der Waals surface area contributed by atoms with Crippen LogP contribution < -0.4 is 15.4 Å². The van der Waals surface area contributed by atoms with Gasteiger partial charge in [0.15, 0.2) is 0 Å². The van der Waals surface area contributed by atoms with Gasteiger partial charge >= 0.3 is 0 Å². The van der Waals surface area contributed by atoms with Crippen molar-refractivity contribution in [3.8, 4) is 0 Å². The Bertz CT molecular complexity index is 1210. The molecule has 2 fully saturated rings. The number of aromatic amines is 1. The van der Waals surface area contributed by atoms with Gasteiger partial charge in [-0.1, -0.05) is 12.1 Å². The summed E-state index contributed by atoms with van der Waals surface area (Å²) in [5.74, 6) is 0.539. The molecule has 2 aliphatic rings. The molecule has 5 rings (SSSR count). The number of piperidine rings is 1. The monoisotopic (exact) mass is 449 g/mol. The van der Waals surface area contributed by atoms with Gasteiger partial charge in [-0.25, -0.2) is 9.37 Å². The van der Waals surface area contributed by atoms with Crippen LogP contribution in [0.25, 0.3) is 10.9 Å². The Hall–Kier alpha value is -3.42. The minimum absolute atomic E-state index is 0.00357. The second kappa shape index (κ2) is 8.50. The molecular weight excluding hydrogens is 421 g/mol. The van der Waals surface area contributed by atoms with Gasteiger partial charge in [0.05, 0.1) is 10.9 Å². The molecule has 0 atom stereocenters. The molecule has 1 amide bonds. The Labute approximate surface area is 191 Å². The smallest absolute Gasteiger partial charge is 0.260 e. The number of aromatic nitrogens is 2. The number of benzene rings is 2. The number of halogens is 1. The highest BCUT2D eigenvalue weighted by Crippen LogP contribution is 2.29. The van der Waals surface area contributed by atoms with E-state index in [1.807, 2.05) is 52.3 Å². The highest BCUT2D eigenvalue weighted by molar-refractivity contribution is 5.94. The third-order valence-electron chi connectivity index (χ3n) is 6.75. The lowest BCUT2D eigenvalue weighted by atomic mass is 9.95. The maximum Gasteiger partial charge on any atom is 0.260 e. The van der Waals surface area contributed by atoms with E-state index >= 15 is 0 Å². The van der Waals surface area contributed by atoms with Crippen LogP contribution in [0.2, 0.25) is 0 Å². The predicted octanol–water partition coefficient (Wildman–Crippen LogP) is 3.21. The number of rotatable bonds is 3. The third kappa shape index (κ3) is 4.42. The van der Waals surface area contributed by atoms with Crippen LogP contribution >= 0.6 is 0 Å². The average Bonchev–Trinajstić information content (AvgIpc) is 2.84. The molecule has 33 heavy (non-hydrogen) atoms. The first kappa shape index (κ1) is 21.4. The van der Waals surface area contributed by atoms with Crippen molar-refractivity contribution in [2.45, 2.75) is 25.4 Å². The number of alkyl halides is 1. The lowest BCUT2D eigenvalue weighted by Gasteiger charge is -2.36. The van der Waals surface area contributed by atoms with E-state index < -0.39 is 5.67 Å². The van der Waals surface area contributed by atoms with E-state index in [1.165, 1.54) is 0 Å². The minimum atomic E-state index is -1.08. The number of hydrogen-bond acceptors (Lipinski definition) is 5. The first-order valence-electron chi connectivity index (χ1n) is 11.5. The van der Waals surface area contributed by atoms with Gasteiger partial charge in [0.1, 0.15) is 5.67 Å². The summed E-state index contributed by atoms with van der Waals surface area (Å²) < 4.78 is 14.1. The number of H-pyrrole nitrogens is 1. The van der Waals surface area contributed by atoms with Crippen molar-refractivity contribution < 1.29 is 9.18 Å². The molecule has 0 bridgehead atoms. The van der Waals surface area contributed by atoms with E-state index in [4.69, 9.17) is 0 Å². The molecule has 172 valence electrons. The van der Waals surface area contributed by atoms with Gasteiger partial charge in [0.25, 0.3) is 11.5 Å². The molecule has 1 N–H and O–H groups in total. The number of piperazine rings is 1. The summed E-state index contributed by atoms with van der Waals surface area (Å²) in [6.07, 6.45) is 1.05. The van der Waals surface area contributed by atoms with E-state index in [2.05, 4.69) is 14.9 Å². The van der Waals surface area contributed by atoms with Gasteiger partial charge in [-0.3, -0.25) is 14.6 Å². The van der Waals surface area contributed by atoms with Gasteiger partial charge in [0.2, 0.25) is 5.95 Å². The molecule has 3 aromatic rings. The van der Waals surface area contributed by atoms with Crippen molar-refractivity contribution in [2.24, 2.45) is 0 Å². The zero-order valence-corrected chi connectivity index (χ0v) is 18.8. The van der Waals surface area contributed by atoms with E-state index in [9.17, 15) is 14.0 Å². The summed E-state index contributed by atoms with van der Waals surface area (Å²) in [6, 6.07) is 14.9. The Kier molecular flexibility index (Phi) is 5.52. The van der Waals surface area contributed by atoms with Crippen LogP contribution in [-0.2, 0) is 0 Å². The Morgan fingerprint density at radius 3 is 2.30 bits per heavy atom. The number of fused-ring (bicyclic) bond motifs is 1. The highest BCUT2D eigenvalue weighted by Gasteiger charge is 2.30. The highest BCUT2D eigenvalue weighted by atomic mass is 19.1. The molecule has 2 saturated heterocycles. The van der Waals surface area contributed by atoms with E-state index in [-0.39, 0.29) is 11.5 Å². The number of nitrogens with one attached hydrogen (secondary N) is 1. The van der Waals surface area contributed by atoms with E-state index in [0.29, 0.717) is 74.5 Å². The third-order valence-corrected chi connectivity index (χ3v) is 6.75. The van der Waals surface area contributed by atoms with Crippen molar-refractivity contribution in [3.63, 3.8) is 0 Å². The van der Waals surface area contributed by atoms with Crippen LogP contribution in [0.4, 0.5) is 16.0 Å². The van der Waals surface area contributed by atoms with E-state index in [0.717, 1.165) is 5.69 Å². The van der Waals surface area contributed by atoms with Gasteiger partial charge < -0.3 is 14.7 Å². The molecule has 8 heteroatoms. The lowest BCUT2D eigenvalue weighted by molar-refractivity contribution is 0.0746. The summed E-state index contributed by atoms with van der Waals surface area (Å²) in [7, 11) is 0. The zero-order valence-electron chi connectivity index (χ0n) is 18.8. The molecular formula is C25H28FN5O2. The molecule has 0 radical (unpaired) electrons. The van der Waals surface area contributed by atoms with Crippen molar-refractivity contribution >= 4 is 28.4 Å². The number of amides is 1. The maximum atomic E-state index is 14.1. The van der Waals surface area contributed by atoms with E-state index in [1.54, 1.807) is 13.0 Å². The zero-order chi connectivity index (χ0) is 23.0. The first-order chi connectivity index (χ1) is 15.9. The molecule has 2 aromatic carbocycles. The van der Waals surface area contributed by atoms with Crippen LogP contribution in [0, 0.1) is 0 Å². The molecule has 0 unspecified atom stereocenters. The molecule has 1 aromatic heterocycles. The van der Waals surface area contributed by atoms with Gasteiger partial charge in [0, 0.05) is 50.5 Å². The minimum Gasteiger partial charge on any atom is -0.371 e. The molecule has 7 nitrogen and oxygen atoms in total. The number of nitrogens with zero attached hydrogens (tertiary/aromatic N) is 4. The second-order valence-electron chi connectivity index (χ2n) is 9.13. The normalized spacial score (nSPS) is 18.5. The van der Waals surface area contributed by atoms with Gasteiger partial charge in [-0.15, -0.1) is 0 Å². The molecule has 3 heterocycles. The number of carbonyl (C=O) groups excluding carboxylic acids is 1. The number of carbonyl (C=O) groups is 1. The fourth-order valence-electron chi connectivity index (χ4n) is 4.57. The van der Waals surface area contributed by atoms with Gasteiger partial charge in [-0.05, 0) is 56.2 Å². The summed E-state index contributed by atoms with van der Waals surface area (Å²) in [6.45, 7) is 5.35. The quantitative estimate of drug-likeness (QED) is 0.665. The summed E-state index contributed by atoms with van der Waals surface area (Å²) in [5.41, 5.74) is 1.11. The Morgan fingerprint density at radius 1 is 0.939 bits per heavy atom. The lowest BCUT2D eigenvalue weighted by Crippen LogP contribution is -2.49. The van der Waals surface area contributed by atoms with Crippen molar-refractivity contribution in [1.82, 2.24) is 14.9 Å². The van der Waals surface area contributed by atoms with Crippen molar-refractivity contribution in [3.05, 3.63) is 64.4 Å².